The number of anilines is 2. The van der Waals surface area contributed by atoms with Crippen LogP contribution in [0.25, 0.3) is 0 Å². The van der Waals surface area contributed by atoms with Gasteiger partial charge in [-0.15, -0.1) is 0 Å². The van der Waals surface area contributed by atoms with Crippen LogP contribution in [-0.2, 0) is 4.74 Å². The van der Waals surface area contributed by atoms with E-state index < -0.39 is 0 Å². The van der Waals surface area contributed by atoms with Crippen LogP contribution in [0.5, 0.6) is 0 Å². The van der Waals surface area contributed by atoms with Crippen molar-refractivity contribution in [3.8, 4) is 0 Å². The van der Waals surface area contributed by atoms with Crippen molar-refractivity contribution in [2.24, 2.45) is 0 Å². The molecule has 84 valence electrons. The van der Waals surface area contributed by atoms with E-state index in [4.69, 9.17) is 10.5 Å². The maximum atomic E-state index is 5.51. The topological polar surface area (TPSA) is 73.1 Å². The van der Waals surface area contributed by atoms with Crippen LogP contribution >= 0.6 is 0 Å². The molecule has 0 aliphatic heterocycles. The number of nitrogens with two attached hydrogens (primary N) is 1. The molecule has 0 fully saturated rings. The van der Waals surface area contributed by atoms with Crippen molar-refractivity contribution in [2.45, 2.75) is 19.8 Å². The highest BCUT2D eigenvalue weighted by atomic mass is 16.5. The second kappa shape index (κ2) is 7.00. The van der Waals surface area contributed by atoms with Crippen LogP contribution in [0.15, 0.2) is 12.3 Å². The van der Waals surface area contributed by atoms with Gasteiger partial charge in [0.15, 0.2) is 0 Å². The van der Waals surface area contributed by atoms with Gasteiger partial charge in [0.2, 0.25) is 5.95 Å². The minimum Gasteiger partial charge on any atom is -0.384 e. The lowest BCUT2D eigenvalue weighted by Gasteiger charge is -2.05. The molecule has 5 heteroatoms. The highest BCUT2D eigenvalue weighted by Crippen LogP contribution is 2.00. The summed E-state index contributed by atoms with van der Waals surface area (Å²) < 4.78 is 5.38. The van der Waals surface area contributed by atoms with Crippen LogP contribution in [0.2, 0.25) is 0 Å². The number of unbranched alkanes of at least 4 members (excludes halogenated alkanes) is 1. The van der Waals surface area contributed by atoms with Gasteiger partial charge in [0.1, 0.15) is 5.82 Å². The zero-order chi connectivity index (χ0) is 10.9. The third-order valence-electron chi connectivity index (χ3n) is 1.85. The van der Waals surface area contributed by atoms with Gasteiger partial charge < -0.3 is 15.8 Å². The Morgan fingerprint density at radius 1 is 1.47 bits per heavy atom. The molecule has 5 nitrogen and oxygen atoms in total. The van der Waals surface area contributed by atoms with E-state index in [0.717, 1.165) is 19.4 Å². The third-order valence-corrected chi connectivity index (χ3v) is 1.85. The Labute approximate surface area is 90.1 Å². The summed E-state index contributed by atoms with van der Waals surface area (Å²) in [6, 6.07) is 1.66. The van der Waals surface area contributed by atoms with Gasteiger partial charge in [0.05, 0.1) is 6.61 Å². The molecular formula is C10H18N4O. The SMILES string of the molecule is CCCCOCCNc1nccc(N)n1. The second-order valence-electron chi connectivity index (χ2n) is 3.20. The Bertz CT molecular complexity index is 280. The molecule has 0 atom stereocenters. The molecule has 0 aliphatic rings. The van der Waals surface area contributed by atoms with Gasteiger partial charge in [-0.25, -0.2) is 4.98 Å². The number of aromatic nitrogens is 2. The number of nitrogen functional groups attached to an aromatic ring is 1. The summed E-state index contributed by atoms with van der Waals surface area (Å²) in [5.74, 6) is 1.02. The molecule has 15 heavy (non-hydrogen) atoms. The van der Waals surface area contributed by atoms with Crippen LogP contribution in [0.3, 0.4) is 0 Å². The van der Waals surface area contributed by atoms with Crippen LogP contribution in [0, 0.1) is 0 Å². The fourth-order valence-electron chi connectivity index (χ4n) is 1.04. The normalized spacial score (nSPS) is 10.2. The van der Waals surface area contributed by atoms with Crippen LogP contribution in [0.4, 0.5) is 11.8 Å². The van der Waals surface area contributed by atoms with Crippen molar-refractivity contribution < 1.29 is 4.74 Å². The van der Waals surface area contributed by atoms with Crippen LogP contribution in [-0.4, -0.2) is 29.7 Å². The minimum absolute atomic E-state index is 0.472. The van der Waals surface area contributed by atoms with E-state index in [9.17, 15) is 0 Å². The maximum absolute atomic E-state index is 5.51. The molecule has 1 heterocycles. The zero-order valence-electron chi connectivity index (χ0n) is 9.07. The van der Waals surface area contributed by atoms with Crippen LogP contribution < -0.4 is 11.1 Å². The van der Waals surface area contributed by atoms with E-state index in [1.165, 1.54) is 0 Å². The first-order valence-corrected chi connectivity index (χ1v) is 5.23. The third kappa shape index (κ3) is 5.17. The Kier molecular flexibility index (Phi) is 5.47. The highest BCUT2D eigenvalue weighted by molar-refractivity contribution is 5.34. The molecule has 0 unspecified atom stereocenters. The Morgan fingerprint density at radius 3 is 3.07 bits per heavy atom. The molecule has 0 aromatic carbocycles. The summed E-state index contributed by atoms with van der Waals surface area (Å²) in [7, 11) is 0. The number of nitrogens with one attached hydrogen (secondary N) is 1. The molecular weight excluding hydrogens is 192 g/mol. The van der Waals surface area contributed by atoms with Gasteiger partial charge in [-0.05, 0) is 12.5 Å². The van der Waals surface area contributed by atoms with E-state index in [-0.39, 0.29) is 0 Å². The predicted molar refractivity (Wildman–Crippen MR) is 60.7 cm³/mol. The molecule has 1 aromatic heterocycles. The molecule has 1 rings (SSSR count). The van der Waals surface area contributed by atoms with Gasteiger partial charge in [0.25, 0.3) is 0 Å². The summed E-state index contributed by atoms with van der Waals surface area (Å²) in [4.78, 5) is 8.02. The molecule has 0 saturated carbocycles. The molecule has 0 aliphatic carbocycles. The molecule has 0 amide bonds. The summed E-state index contributed by atoms with van der Waals surface area (Å²) in [5.41, 5.74) is 5.51. The monoisotopic (exact) mass is 210 g/mol. The smallest absolute Gasteiger partial charge is 0.224 e. The van der Waals surface area contributed by atoms with Crippen LogP contribution in [0.1, 0.15) is 19.8 Å². The van der Waals surface area contributed by atoms with Crippen molar-refractivity contribution in [3.63, 3.8) is 0 Å². The first-order chi connectivity index (χ1) is 7.33. The fraction of sp³-hybridized carbons (Fsp3) is 0.600. The maximum Gasteiger partial charge on any atom is 0.224 e. The van der Waals surface area contributed by atoms with E-state index in [1.807, 2.05) is 0 Å². The Hall–Kier alpha value is -1.36. The van der Waals surface area contributed by atoms with Gasteiger partial charge in [0, 0.05) is 19.3 Å². The van der Waals surface area contributed by atoms with E-state index >= 15 is 0 Å². The first kappa shape index (κ1) is 11.7. The standard InChI is InChI=1S/C10H18N4O/c1-2-3-7-15-8-6-13-10-12-5-4-9(11)14-10/h4-5H,2-3,6-8H2,1H3,(H3,11,12,13,14). The van der Waals surface area contributed by atoms with Gasteiger partial charge in [-0.2, -0.15) is 4.98 Å². The average Bonchev–Trinajstić information content (AvgIpc) is 2.23. The lowest BCUT2D eigenvalue weighted by molar-refractivity contribution is 0.141. The van der Waals surface area contributed by atoms with Gasteiger partial charge in [-0.1, -0.05) is 13.3 Å². The second-order valence-corrected chi connectivity index (χ2v) is 3.20. The van der Waals surface area contributed by atoms with Crippen molar-refractivity contribution in [2.75, 3.05) is 30.8 Å². The number of hydrogen-bond acceptors (Lipinski definition) is 5. The predicted octanol–water partition coefficient (Wildman–Crippen LogP) is 1.29. The minimum atomic E-state index is 0.472. The summed E-state index contributed by atoms with van der Waals surface area (Å²) >= 11 is 0. The molecule has 3 N–H and O–H groups in total. The summed E-state index contributed by atoms with van der Waals surface area (Å²) in [6.07, 6.45) is 3.89. The van der Waals surface area contributed by atoms with Crippen molar-refractivity contribution in [1.82, 2.24) is 9.97 Å². The quantitative estimate of drug-likeness (QED) is 0.663. The molecule has 0 spiro atoms. The van der Waals surface area contributed by atoms with Crippen molar-refractivity contribution >= 4 is 11.8 Å². The Balaban J connectivity index is 2.10. The molecule has 0 radical (unpaired) electrons. The van der Waals surface area contributed by atoms with E-state index in [2.05, 4.69) is 22.2 Å². The molecule has 0 saturated heterocycles. The number of ether oxygens (including phenoxy) is 1. The first-order valence-electron chi connectivity index (χ1n) is 5.23. The zero-order valence-corrected chi connectivity index (χ0v) is 9.07. The Morgan fingerprint density at radius 2 is 2.33 bits per heavy atom. The lowest BCUT2D eigenvalue weighted by atomic mass is 10.4. The van der Waals surface area contributed by atoms with Crippen molar-refractivity contribution in [3.05, 3.63) is 12.3 Å². The molecule has 1 aromatic rings. The lowest BCUT2D eigenvalue weighted by Crippen LogP contribution is -2.12. The largest absolute Gasteiger partial charge is 0.384 e. The summed E-state index contributed by atoms with van der Waals surface area (Å²) in [5, 5.41) is 3.04. The van der Waals surface area contributed by atoms with Gasteiger partial charge >= 0.3 is 0 Å². The number of nitrogens with zero attached hydrogens (tertiary/aromatic N) is 2. The molecule has 0 bridgehead atoms. The van der Waals surface area contributed by atoms with E-state index in [1.54, 1.807) is 12.3 Å². The number of rotatable bonds is 7. The highest BCUT2D eigenvalue weighted by Gasteiger charge is 1.94. The van der Waals surface area contributed by atoms with Crippen molar-refractivity contribution in [1.29, 1.82) is 0 Å². The summed E-state index contributed by atoms with van der Waals surface area (Å²) in [6.45, 7) is 4.32. The van der Waals surface area contributed by atoms with E-state index in [0.29, 0.717) is 24.9 Å². The van der Waals surface area contributed by atoms with Gasteiger partial charge in [-0.3, -0.25) is 0 Å². The fourth-order valence-corrected chi connectivity index (χ4v) is 1.04. The average molecular weight is 210 g/mol. The number of hydrogen-bond donors (Lipinski definition) is 2.